The lowest BCUT2D eigenvalue weighted by Gasteiger charge is -2.14. The average Bonchev–Trinajstić information content (AvgIpc) is 2.93. The summed E-state index contributed by atoms with van der Waals surface area (Å²) in [4.78, 5) is 0. The molecule has 19 heavy (non-hydrogen) atoms. The summed E-state index contributed by atoms with van der Waals surface area (Å²) in [6, 6.07) is 15.5. The largest absolute Gasteiger partial charge is 0.504 e. The topological polar surface area (TPSA) is 52.5 Å². The Kier molecular flexibility index (Phi) is 3.36. The van der Waals surface area contributed by atoms with E-state index < -0.39 is 0 Å². The van der Waals surface area contributed by atoms with Crippen LogP contribution in [0.1, 0.15) is 22.5 Å². The molecule has 0 aromatic heterocycles. The van der Waals surface area contributed by atoms with Crippen molar-refractivity contribution in [3.8, 4) is 11.5 Å². The van der Waals surface area contributed by atoms with Gasteiger partial charge in [0.05, 0.1) is 5.37 Å². The van der Waals surface area contributed by atoms with Crippen molar-refractivity contribution in [2.45, 2.75) is 11.4 Å². The van der Waals surface area contributed by atoms with Crippen molar-refractivity contribution in [3.05, 3.63) is 59.7 Å². The van der Waals surface area contributed by atoms with Crippen LogP contribution in [0.2, 0.25) is 0 Å². The third-order valence-corrected chi connectivity index (χ3v) is 4.55. The number of rotatable bonds is 2. The van der Waals surface area contributed by atoms with Gasteiger partial charge in [-0.05, 0) is 23.3 Å². The van der Waals surface area contributed by atoms with Crippen molar-refractivity contribution < 1.29 is 10.2 Å². The maximum absolute atomic E-state index is 9.56. The fourth-order valence-corrected chi connectivity index (χ4v) is 3.52. The van der Waals surface area contributed by atoms with Gasteiger partial charge in [-0.15, -0.1) is 11.8 Å². The molecule has 0 radical (unpaired) electrons. The van der Waals surface area contributed by atoms with Crippen molar-refractivity contribution in [2.75, 3.05) is 5.75 Å². The summed E-state index contributed by atoms with van der Waals surface area (Å²) in [7, 11) is 0. The lowest BCUT2D eigenvalue weighted by atomic mass is 10.1. The summed E-state index contributed by atoms with van der Waals surface area (Å²) in [5, 5.41) is 22.7. The van der Waals surface area contributed by atoms with Gasteiger partial charge in [0.2, 0.25) is 0 Å². The predicted octanol–water partition coefficient (Wildman–Crippen LogP) is 3.17. The Bertz CT molecular complexity index is 574. The Labute approximate surface area is 116 Å². The monoisotopic (exact) mass is 273 g/mol. The molecule has 1 fully saturated rings. The molecule has 1 aliphatic heterocycles. The quantitative estimate of drug-likeness (QED) is 0.736. The van der Waals surface area contributed by atoms with Crippen molar-refractivity contribution in [2.24, 2.45) is 0 Å². The zero-order chi connectivity index (χ0) is 13.2. The second-order valence-electron chi connectivity index (χ2n) is 4.59. The molecule has 2 atom stereocenters. The molecule has 0 saturated carbocycles. The van der Waals surface area contributed by atoms with Crippen molar-refractivity contribution in [1.29, 1.82) is 0 Å². The highest BCUT2D eigenvalue weighted by Crippen LogP contribution is 2.39. The first-order valence-electron chi connectivity index (χ1n) is 6.18. The van der Waals surface area contributed by atoms with E-state index in [0.29, 0.717) is 0 Å². The molecular formula is C15H15NO2S. The van der Waals surface area contributed by atoms with Gasteiger partial charge in [0.25, 0.3) is 0 Å². The highest BCUT2D eigenvalue weighted by atomic mass is 32.2. The summed E-state index contributed by atoms with van der Waals surface area (Å²) in [5.74, 6) is 0.811. The number of aromatic hydroxyl groups is 2. The molecule has 3 N–H and O–H groups in total. The molecule has 1 saturated heterocycles. The predicted molar refractivity (Wildman–Crippen MR) is 77.3 cm³/mol. The van der Waals surface area contributed by atoms with E-state index in [1.807, 2.05) is 36.0 Å². The smallest absolute Gasteiger partial charge is 0.157 e. The minimum absolute atomic E-state index is 0.0625. The van der Waals surface area contributed by atoms with Crippen LogP contribution < -0.4 is 5.32 Å². The fraction of sp³-hybridized carbons (Fsp3) is 0.200. The zero-order valence-corrected chi connectivity index (χ0v) is 11.1. The molecule has 98 valence electrons. The van der Waals surface area contributed by atoms with Crippen LogP contribution in [-0.2, 0) is 0 Å². The van der Waals surface area contributed by atoms with Gasteiger partial charge in [0.15, 0.2) is 11.5 Å². The molecule has 4 heteroatoms. The van der Waals surface area contributed by atoms with Crippen LogP contribution in [-0.4, -0.2) is 16.0 Å². The van der Waals surface area contributed by atoms with Crippen molar-refractivity contribution >= 4 is 11.8 Å². The number of hydrogen-bond donors (Lipinski definition) is 3. The Hall–Kier alpha value is -1.65. The lowest BCUT2D eigenvalue weighted by Crippen LogP contribution is -2.17. The van der Waals surface area contributed by atoms with Gasteiger partial charge in [-0.3, -0.25) is 5.32 Å². The molecule has 2 aromatic rings. The van der Waals surface area contributed by atoms with Gasteiger partial charge in [-0.25, -0.2) is 0 Å². The van der Waals surface area contributed by atoms with Crippen molar-refractivity contribution in [3.63, 3.8) is 0 Å². The molecule has 3 nitrogen and oxygen atoms in total. The summed E-state index contributed by atoms with van der Waals surface area (Å²) in [6.07, 6.45) is 0. The Morgan fingerprint density at radius 1 is 0.947 bits per heavy atom. The van der Waals surface area contributed by atoms with E-state index in [4.69, 9.17) is 0 Å². The number of phenols is 2. The minimum atomic E-state index is -0.0750. The average molecular weight is 273 g/mol. The first-order chi connectivity index (χ1) is 9.24. The highest BCUT2D eigenvalue weighted by Gasteiger charge is 2.26. The van der Waals surface area contributed by atoms with Gasteiger partial charge in [0, 0.05) is 11.8 Å². The van der Waals surface area contributed by atoms with Gasteiger partial charge in [-0.2, -0.15) is 0 Å². The Morgan fingerprint density at radius 2 is 1.74 bits per heavy atom. The van der Waals surface area contributed by atoms with Crippen LogP contribution in [0, 0.1) is 0 Å². The SMILES string of the molecule is Oc1ccc(C2CSC(c3ccccc3)N2)cc1O. The molecule has 0 spiro atoms. The van der Waals surface area contributed by atoms with E-state index in [0.717, 1.165) is 11.3 Å². The summed E-state index contributed by atoms with van der Waals surface area (Å²) < 4.78 is 0. The minimum Gasteiger partial charge on any atom is -0.504 e. The van der Waals surface area contributed by atoms with Gasteiger partial charge >= 0.3 is 0 Å². The van der Waals surface area contributed by atoms with Gasteiger partial charge in [-0.1, -0.05) is 36.4 Å². The normalized spacial score (nSPS) is 22.5. The van der Waals surface area contributed by atoms with E-state index in [-0.39, 0.29) is 22.9 Å². The first-order valence-corrected chi connectivity index (χ1v) is 7.23. The van der Waals surface area contributed by atoms with E-state index in [2.05, 4.69) is 17.4 Å². The number of nitrogens with one attached hydrogen (secondary N) is 1. The highest BCUT2D eigenvalue weighted by molar-refractivity contribution is 7.99. The molecular weight excluding hydrogens is 258 g/mol. The standard InChI is InChI=1S/C15H15NO2S/c17-13-7-6-11(8-14(13)18)12-9-19-15(16-12)10-4-2-1-3-5-10/h1-8,12,15-18H,9H2. The third kappa shape index (κ3) is 2.55. The number of benzene rings is 2. The van der Waals surface area contributed by atoms with Crippen LogP contribution in [0.3, 0.4) is 0 Å². The second-order valence-corrected chi connectivity index (χ2v) is 5.73. The lowest BCUT2D eigenvalue weighted by molar-refractivity contribution is 0.402. The molecule has 1 aliphatic rings. The number of phenolic OH excluding ortho intramolecular Hbond substituents is 2. The van der Waals surface area contributed by atoms with Crippen LogP contribution >= 0.6 is 11.8 Å². The summed E-state index contributed by atoms with van der Waals surface area (Å²) >= 11 is 1.85. The first kappa shape index (κ1) is 12.4. The van der Waals surface area contributed by atoms with Crippen molar-refractivity contribution in [1.82, 2.24) is 5.32 Å². The molecule has 1 heterocycles. The Morgan fingerprint density at radius 3 is 2.47 bits per heavy atom. The molecule has 2 aromatic carbocycles. The van der Waals surface area contributed by atoms with E-state index in [1.165, 1.54) is 11.6 Å². The molecule has 0 amide bonds. The number of hydrogen-bond acceptors (Lipinski definition) is 4. The van der Waals surface area contributed by atoms with E-state index in [1.54, 1.807) is 6.07 Å². The molecule has 3 rings (SSSR count). The van der Waals surface area contributed by atoms with Crippen LogP contribution in [0.4, 0.5) is 0 Å². The molecule has 2 unspecified atom stereocenters. The van der Waals surface area contributed by atoms with E-state index >= 15 is 0 Å². The van der Waals surface area contributed by atoms with Crippen LogP contribution in [0.5, 0.6) is 11.5 Å². The summed E-state index contributed by atoms with van der Waals surface area (Å²) in [5.41, 5.74) is 2.26. The van der Waals surface area contributed by atoms with Crippen LogP contribution in [0.15, 0.2) is 48.5 Å². The van der Waals surface area contributed by atoms with E-state index in [9.17, 15) is 10.2 Å². The van der Waals surface area contributed by atoms with Gasteiger partial charge < -0.3 is 10.2 Å². The zero-order valence-electron chi connectivity index (χ0n) is 10.3. The maximum Gasteiger partial charge on any atom is 0.157 e. The fourth-order valence-electron chi connectivity index (χ4n) is 2.24. The third-order valence-electron chi connectivity index (χ3n) is 3.29. The second kappa shape index (κ2) is 5.15. The molecule has 0 bridgehead atoms. The summed E-state index contributed by atoms with van der Waals surface area (Å²) in [6.45, 7) is 0. The Balaban J connectivity index is 1.77. The molecule has 0 aliphatic carbocycles. The maximum atomic E-state index is 9.56. The van der Waals surface area contributed by atoms with Crippen LogP contribution in [0.25, 0.3) is 0 Å². The number of thioether (sulfide) groups is 1. The van der Waals surface area contributed by atoms with Gasteiger partial charge in [0.1, 0.15) is 0 Å².